The first-order valence-electron chi connectivity index (χ1n) is 25.1. The number of anilines is 2. The van der Waals surface area contributed by atoms with Crippen LogP contribution in [0.1, 0.15) is 24.0 Å². The van der Waals surface area contributed by atoms with Crippen LogP contribution in [0.3, 0.4) is 0 Å². The molecule has 2 aromatic heterocycles. The fourth-order valence-corrected chi connectivity index (χ4v) is 10.8. The summed E-state index contributed by atoms with van der Waals surface area (Å²) in [6.07, 6.45) is 10.4. The Hall–Kier alpha value is -9.32. The summed E-state index contributed by atoms with van der Waals surface area (Å²) in [4.78, 5) is 13.0. The van der Waals surface area contributed by atoms with Crippen molar-refractivity contribution in [1.82, 2.24) is 14.5 Å². The van der Waals surface area contributed by atoms with Gasteiger partial charge < -0.3 is 14.2 Å². The van der Waals surface area contributed by atoms with Crippen LogP contribution in [0.15, 0.2) is 255 Å². The molecule has 3 aliphatic rings. The summed E-state index contributed by atoms with van der Waals surface area (Å²) in [6.45, 7) is 4.29. The van der Waals surface area contributed by atoms with Crippen molar-refractivity contribution in [2.24, 2.45) is 0 Å². The van der Waals surface area contributed by atoms with Gasteiger partial charge in [-0.15, -0.1) is 0 Å². The van der Waals surface area contributed by atoms with Crippen molar-refractivity contribution in [2.45, 2.75) is 25.0 Å². The lowest BCUT2D eigenvalue weighted by Gasteiger charge is -2.45. The molecular weight excluding hydrogens is 889 g/mol. The van der Waals surface area contributed by atoms with Gasteiger partial charge in [0.25, 0.3) is 0 Å². The minimum atomic E-state index is -0.0361. The second-order valence-corrected chi connectivity index (χ2v) is 18.9. The first kappa shape index (κ1) is 43.7. The second-order valence-electron chi connectivity index (χ2n) is 18.9. The van der Waals surface area contributed by atoms with Gasteiger partial charge in [-0.05, 0) is 119 Å². The van der Waals surface area contributed by atoms with E-state index in [-0.39, 0.29) is 12.1 Å². The molecule has 9 aromatic carbocycles. The topological polar surface area (TPSA) is 43.2 Å². The Bertz CT molecular complexity index is 3910. The van der Waals surface area contributed by atoms with Crippen molar-refractivity contribution in [2.75, 3.05) is 4.90 Å². The van der Waals surface area contributed by atoms with Crippen molar-refractivity contribution in [3.05, 3.63) is 266 Å². The zero-order valence-electron chi connectivity index (χ0n) is 40.2. The van der Waals surface area contributed by atoms with Gasteiger partial charge in [0.1, 0.15) is 11.9 Å². The largest absolute Gasteiger partial charge is 0.488 e. The molecule has 0 saturated heterocycles. The summed E-state index contributed by atoms with van der Waals surface area (Å²) < 4.78 is 9.30. The first-order chi connectivity index (χ1) is 36.1. The maximum atomic E-state index is 6.88. The van der Waals surface area contributed by atoms with E-state index >= 15 is 0 Å². The third kappa shape index (κ3) is 8.21. The highest BCUT2D eigenvalue weighted by Gasteiger charge is 2.39. The molecule has 1 aliphatic carbocycles. The normalized spacial score (nSPS) is 16.2. The van der Waals surface area contributed by atoms with Crippen LogP contribution < -0.4 is 9.64 Å². The molecule has 2 aliphatic heterocycles. The van der Waals surface area contributed by atoms with E-state index in [0.29, 0.717) is 5.82 Å². The van der Waals surface area contributed by atoms with Crippen LogP contribution in [-0.4, -0.2) is 26.7 Å². The molecule has 0 spiro atoms. The molecule has 11 aromatic rings. The van der Waals surface area contributed by atoms with E-state index in [4.69, 9.17) is 14.7 Å². The third-order valence-electron chi connectivity index (χ3n) is 14.5. The number of allylic oxidation sites excluding steroid dienone is 4. The second kappa shape index (κ2) is 18.8. The molecule has 0 N–H and O–H groups in total. The minimum absolute atomic E-state index is 0.0361. The van der Waals surface area contributed by atoms with Gasteiger partial charge in [-0.2, -0.15) is 0 Å². The van der Waals surface area contributed by atoms with Crippen LogP contribution in [0, 0.1) is 0 Å². The summed E-state index contributed by atoms with van der Waals surface area (Å²) in [7, 11) is 0. The molecule has 2 atom stereocenters. The molecular formula is C68H50N4O. The molecule has 348 valence electrons. The molecule has 73 heavy (non-hydrogen) atoms. The van der Waals surface area contributed by atoms with Crippen LogP contribution in [0.4, 0.5) is 11.4 Å². The average Bonchev–Trinajstić information content (AvgIpc) is 3.79. The standard InChI is InChI=1S/C68H50N4O/c1-2-46-21-16-24-52-43-56(44-65-67(52)60-33-14-15-34-63(60)72(65)54-26-8-4-9-27-54)71(64-39-40-66(64)73-57-29-10-5-11-30-57)55-28-18-23-51(42-55)59-32-13-12-31-58(59)50-22-17-25-53(41-50)68-69-61(48-19-6-3-7-20-48)45-62(70-68)49-37-35-47(46)36-38-49/h2-38,41-45,64,66H,1,39-40H2/b24-16-,46-21+/t64?,66-/m1/s1. The highest BCUT2D eigenvalue weighted by atomic mass is 16.5. The average molecular weight is 939 g/mol. The van der Waals surface area contributed by atoms with Crippen LogP contribution >= 0.6 is 0 Å². The molecule has 1 fully saturated rings. The van der Waals surface area contributed by atoms with E-state index in [0.717, 1.165) is 114 Å². The van der Waals surface area contributed by atoms with E-state index in [1.54, 1.807) is 0 Å². The number of fused-ring (bicyclic) bond motifs is 6. The van der Waals surface area contributed by atoms with E-state index < -0.39 is 0 Å². The molecule has 0 amide bonds. The summed E-state index contributed by atoms with van der Waals surface area (Å²) in [6, 6.07) is 82.2. The Morgan fingerprint density at radius 2 is 1.08 bits per heavy atom. The highest BCUT2D eigenvalue weighted by molar-refractivity contribution is 6.14. The van der Waals surface area contributed by atoms with E-state index in [1.165, 1.54) is 10.8 Å². The van der Waals surface area contributed by atoms with Gasteiger partial charge in [0, 0.05) is 44.5 Å². The molecule has 1 unspecified atom stereocenters. The number of nitrogens with zero attached hydrogens (tertiary/aromatic N) is 4. The zero-order valence-corrected chi connectivity index (χ0v) is 40.2. The Balaban J connectivity index is 1.06. The van der Waals surface area contributed by atoms with Crippen LogP contribution in [-0.2, 0) is 0 Å². The maximum absolute atomic E-state index is 6.88. The smallest absolute Gasteiger partial charge is 0.160 e. The lowest BCUT2D eigenvalue weighted by Crippen LogP contribution is -2.51. The fraction of sp³-hybridized carbons (Fsp3) is 0.0588. The summed E-state index contributed by atoms with van der Waals surface area (Å²) in [5.41, 5.74) is 17.9. The molecule has 5 nitrogen and oxygen atoms in total. The first-order valence-corrected chi connectivity index (χ1v) is 25.1. The van der Waals surface area contributed by atoms with E-state index in [2.05, 4.69) is 241 Å². The van der Waals surface area contributed by atoms with Crippen LogP contribution in [0.5, 0.6) is 5.75 Å². The van der Waals surface area contributed by atoms with E-state index in [1.807, 2.05) is 30.3 Å². The number of hydrogen-bond acceptors (Lipinski definition) is 4. The summed E-state index contributed by atoms with van der Waals surface area (Å²) in [5.74, 6) is 1.55. The minimum Gasteiger partial charge on any atom is -0.488 e. The van der Waals surface area contributed by atoms with Crippen LogP contribution in [0.2, 0.25) is 0 Å². The Morgan fingerprint density at radius 1 is 0.479 bits per heavy atom. The molecule has 0 radical (unpaired) electrons. The number of aromatic nitrogens is 3. The van der Waals surface area contributed by atoms with Gasteiger partial charge in [-0.1, -0.05) is 195 Å². The van der Waals surface area contributed by atoms with Gasteiger partial charge in [0.05, 0.1) is 28.5 Å². The highest BCUT2D eigenvalue weighted by Crippen LogP contribution is 2.45. The number of benzene rings is 9. The lowest BCUT2D eigenvalue weighted by atomic mass is 9.86. The lowest BCUT2D eigenvalue weighted by molar-refractivity contribution is 0.0931. The number of ether oxygens (including phenoxy) is 1. The van der Waals surface area contributed by atoms with Gasteiger partial charge in [0.2, 0.25) is 0 Å². The number of rotatable bonds is 6. The predicted molar refractivity (Wildman–Crippen MR) is 303 cm³/mol. The van der Waals surface area contributed by atoms with E-state index in [9.17, 15) is 0 Å². The Labute approximate surface area is 426 Å². The third-order valence-corrected chi connectivity index (χ3v) is 14.5. The van der Waals surface area contributed by atoms with Gasteiger partial charge in [-0.3, -0.25) is 0 Å². The van der Waals surface area contributed by atoms with Crippen molar-refractivity contribution in [3.63, 3.8) is 0 Å². The zero-order chi connectivity index (χ0) is 48.7. The van der Waals surface area contributed by atoms with Crippen molar-refractivity contribution >= 4 is 44.8 Å². The molecule has 4 heterocycles. The quantitative estimate of drug-likeness (QED) is 0.167. The molecule has 10 bridgehead atoms. The molecule has 5 heteroatoms. The fourth-order valence-electron chi connectivity index (χ4n) is 10.8. The summed E-state index contributed by atoms with van der Waals surface area (Å²) in [5, 5.41) is 2.39. The van der Waals surface area contributed by atoms with Crippen LogP contribution in [0.25, 0.3) is 95.3 Å². The monoisotopic (exact) mass is 938 g/mol. The summed E-state index contributed by atoms with van der Waals surface area (Å²) >= 11 is 0. The van der Waals surface area contributed by atoms with Gasteiger partial charge in [-0.25, -0.2) is 9.97 Å². The number of hydrogen-bond donors (Lipinski definition) is 0. The van der Waals surface area contributed by atoms with Gasteiger partial charge >= 0.3 is 0 Å². The van der Waals surface area contributed by atoms with Crippen molar-refractivity contribution in [1.29, 1.82) is 0 Å². The maximum Gasteiger partial charge on any atom is 0.160 e. The number of para-hydroxylation sites is 3. The van der Waals surface area contributed by atoms with Crippen molar-refractivity contribution < 1.29 is 4.74 Å². The Kier molecular flexibility index (Phi) is 11.2. The predicted octanol–water partition coefficient (Wildman–Crippen LogP) is 17.3. The van der Waals surface area contributed by atoms with Gasteiger partial charge in [0.15, 0.2) is 5.82 Å². The molecule has 14 rings (SSSR count). The Morgan fingerprint density at radius 3 is 1.81 bits per heavy atom. The van der Waals surface area contributed by atoms with Crippen molar-refractivity contribution in [3.8, 4) is 67.6 Å². The SMILES string of the molecule is C=C/C1=C\C=C/c2cc(cc3c2c2ccccc2n3-c2ccccc2)N(C2CC[C@H]2Oc2ccccc2)c2cccc(c2)-c2ccccc2-c2cccc(c2)-c2nc(-c3ccccc3)cc(n2)-c2ccc1cc2. The molecule has 1 saturated carbocycles.